The van der Waals surface area contributed by atoms with Gasteiger partial charge in [-0.2, -0.15) is 0 Å². The van der Waals surface area contributed by atoms with Crippen LogP contribution in [0.15, 0.2) is 60.7 Å². The fourth-order valence-corrected chi connectivity index (χ4v) is 5.48. The molecule has 0 aromatic heterocycles. The second-order valence-electron chi connectivity index (χ2n) is 9.40. The van der Waals surface area contributed by atoms with E-state index in [1.54, 1.807) is 0 Å². The van der Waals surface area contributed by atoms with Gasteiger partial charge in [0.1, 0.15) is 0 Å². The van der Waals surface area contributed by atoms with E-state index in [0.29, 0.717) is 33.4 Å². The first kappa shape index (κ1) is 21.9. The average molecular weight is 475 g/mol. The third kappa shape index (κ3) is 2.72. The normalized spacial score (nSPS) is 14.8. The summed E-state index contributed by atoms with van der Waals surface area (Å²) in [6.45, 7) is 3.67. The fraction of sp³-hybridized carbons (Fsp3) is 0.133. The summed E-state index contributed by atoms with van der Waals surface area (Å²) in [4.78, 5) is 54.0. The van der Waals surface area contributed by atoms with Crippen molar-refractivity contribution < 1.29 is 19.2 Å². The van der Waals surface area contributed by atoms with Crippen LogP contribution in [0.2, 0.25) is 0 Å². The second-order valence-corrected chi connectivity index (χ2v) is 9.40. The van der Waals surface area contributed by atoms with Crippen LogP contribution < -0.4 is 0 Å². The maximum absolute atomic E-state index is 13.1. The molecule has 0 saturated carbocycles. The number of nitrogens with zero attached hydrogens (tertiary/aromatic N) is 2. The van der Waals surface area contributed by atoms with Crippen LogP contribution in [0.1, 0.15) is 52.6 Å². The van der Waals surface area contributed by atoms with Crippen molar-refractivity contribution in [3.63, 3.8) is 0 Å². The largest absolute Gasteiger partial charge is 0.277 e. The van der Waals surface area contributed by atoms with E-state index in [9.17, 15) is 19.2 Å². The van der Waals surface area contributed by atoms with Crippen LogP contribution >= 0.6 is 0 Å². The average Bonchev–Trinajstić information content (AvgIpc) is 3.25. The van der Waals surface area contributed by atoms with Crippen LogP contribution in [0.25, 0.3) is 33.0 Å². The van der Waals surface area contributed by atoms with Gasteiger partial charge >= 0.3 is 0 Å². The lowest BCUT2D eigenvalue weighted by Gasteiger charge is -2.16. The van der Waals surface area contributed by atoms with Crippen molar-refractivity contribution in [2.45, 2.75) is 13.8 Å². The van der Waals surface area contributed by atoms with E-state index in [1.165, 1.54) is 14.1 Å². The van der Waals surface area contributed by atoms with E-state index >= 15 is 0 Å². The van der Waals surface area contributed by atoms with Crippen LogP contribution in [-0.4, -0.2) is 47.5 Å². The molecule has 6 heteroatoms. The number of rotatable bonds is 2. The molecular formula is C30H22N2O4. The van der Waals surface area contributed by atoms with Crippen molar-refractivity contribution in [2.75, 3.05) is 14.1 Å². The van der Waals surface area contributed by atoms with E-state index in [1.807, 2.05) is 74.5 Å². The van der Waals surface area contributed by atoms with Crippen molar-refractivity contribution in [3.05, 3.63) is 94.0 Å². The molecule has 6 nitrogen and oxygen atoms in total. The Morgan fingerprint density at radius 2 is 0.778 bits per heavy atom. The molecule has 0 spiro atoms. The number of benzene rings is 4. The van der Waals surface area contributed by atoms with Gasteiger partial charge in [-0.25, -0.2) is 0 Å². The molecule has 4 aromatic carbocycles. The Balaban J connectivity index is 1.64. The Labute approximate surface area is 207 Å². The van der Waals surface area contributed by atoms with Gasteiger partial charge in [0.25, 0.3) is 23.6 Å². The molecule has 0 fully saturated rings. The molecule has 36 heavy (non-hydrogen) atoms. The Kier molecular flexibility index (Phi) is 4.54. The van der Waals surface area contributed by atoms with E-state index in [2.05, 4.69) is 0 Å². The molecule has 2 aliphatic rings. The smallest absolute Gasteiger partial charge is 0.261 e. The Hall–Kier alpha value is -4.58. The summed E-state index contributed by atoms with van der Waals surface area (Å²) in [5, 5.41) is 1.77. The Morgan fingerprint density at radius 3 is 1.17 bits per heavy atom. The van der Waals surface area contributed by atoms with Gasteiger partial charge in [-0.05, 0) is 58.0 Å². The first-order valence-corrected chi connectivity index (χ1v) is 11.7. The molecule has 176 valence electrons. The number of carbonyl (C=O) groups excluding carboxylic acids is 4. The molecule has 6 rings (SSSR count). The van der Waals surface area contributed by atoms with Crippen molar-refractivity contribution >= 4 is 34.4 Å². The van der Waals surface area contributed by atoms with Crippen LogP contribution in [0.3, 0.4) is 0 Å². The predicted molar refractivity (Wildman–Crippen MR) is 137 cm³/mol. The summed E-state index contributed by atoms with van der Waals surface area (Å²) in [5.74, 6) is -1.22. The van der Waals surface area contributed by atoms with Crippen molar-refractivity contribution in [2.24, 2.45) is 0 Å². The second kappa shape index (κ2) is 7.46. The van der Waals surface area contributed by atoms with Gasteiger partial charge in [-0.1, -0.05) is 60.7 Å². The van der Waals surface area contributed by atoms with Gasteiger partial charge in [0.05, 0.1) is 22.3 Å². The molecule has 0 aliphatic carbocycles. The lowest BCUT2D eigenvalue weighted by atomic mass is 9.86. The minimum atomic E-state index is -0.314. The molecule has 4 amide bonds. The van der Waals surface area contributed by atoms with Gasteiger partial charge < -0.3 is 0 Å². The third-order valence-corrected chi connectivity index (χ3v) is 7.41. The van der Waals surface area contributed by atoms with E-state index in [-0.39, 0.29) is 23.6 Å². The summed E-state index contributed by atoms with van der Waals surface area (Å²) >= 11 is 0. The molecule has 4 aromatic rings. The van der Waals surface area contributed by atoms with Crippen LogP contribution in [0, 0.1) is 13.8 Å². The van der Waals surface area contributed by atoms with Crippen molar-refractivity contribution in [1.29, 1.82) is 0 Å². The molecule has 0 radical (unpaired) electrons. The monoisotopic (exact) mass is 474 g/mol. The van der Waals surface area contributed by atoms with Crippen LogP contribution in [-0.2, 0) is 0 Å². The first-order chi connectivity index (χ1) is 17.2. The van der Waals surface area contributed by atoms with E-state index in [0.717, 1.165) is 42.8 Å². The zero-order chi connectivity index (χ0) is 25.5. The van der Waals surface area contributed by atoms with Gasteiger partial charge in [0, 0.05) is 14.1 Å². The summed E-state index contributed by atoms with van der Waals surface area (Å²) < 4.78 is 0. The highest BCUT2D eigenvalue weighted by atomic mass is 16.2. The van der Waals surface area contributed by atoms with Crippen molar-refractivity contribution in [3.8, 4) is 22.3 Å². The summed E-state index contributed by atoms with van der Waals surface area (Å²) in [6.07, 6.45) is 0. The molecule has 0 bridgehead atoms. The number of aryl methyl sites for hydroxylation is 2. The van der Waals surface area contributed by atoms with E-state index in [4.69, 9.17) is 0 Å². The van der Waals surface area contributed by atoms with Gasteiger partial charge in [-0.15, -0.1) is 0 Å². The zero-order valence-electron chi connectivity index (χ0n) is 20.3. The number of imide groups is 2. The molecule has 2 heterocycles. The highest BCUT2D eigenvalue weighted by Crippen LogP contribution is 2.42. The SMILES string of the molecule is Cc1ccc(-c2ccc(-c3ccc(C)c4c3C(=O)N(C)C4=O)c3ccccc23)c2c1C(=O)N(C)C2=O. The molecule has 2 aliphatic heterocycles. The summed E-state index contributed by atoms with van der Waals surface area (Å²) in [6, 6.07) is 19.2. The maximum Gasteiger partial charge on any atom is 0.261 e. The molecular weight excluding hydrogens is 452 g/mol. The highest BCUT2D eigenvalue weighted by molar-refractivity contribution is 6.27. The lowest BCUT2D eigenvalue weighted by molar-refractivity contribution is 0.0677. The zero-order valence-corrected chi connectivity index (χ0v) is 20.3. The standard InChI is InChI=1S/C30H22N2O4/c1-15-9-11-21(25-23(15)27(33)31(3)29(25)35)19-13-14-20(18-8-6-5-7-17(18)19)22-12-10-16(2)24-26(22)30(36)32(4)28(24)34/h5-14H,1-4H3. The lowest BCUT2D eigenvalue weighted by Crippen LogP contribution is -2.24. The van der Waals surface area contributed by atoms with Crippen molar-refractivity contribution in [1.82, 2.24) is 9.80 Å². The number of hydrogen-bond donors (Lipinski definition) is 0. The maximum atomic E-state index is 13.1. The predicted octanol–water partition coefficient (Wildman–Crippen LogP) is 5.24. The molecule has 0 N–H and O–H groups in total. The van der Waals surface area contributed by atoms with Crippen LogP contribution in [0.5, 0.6) is 0 Å². The number of amides is 4. The van der Waals surface area contributed by atoms with Gasteiger partial charge in [0.15, 0.2) is 0 Å². The minimum absolute atomic E-state index is 0.294. The fourth-order valence-electron chi connectivity index (χ4n) is 5.48. The summed E-state index contributed by atoms with van der Waals surface area (Å²) in [5.41, 5.74) is 6.28. The number of carbonyl (C=O) groups is 4. The highest BCUT2D eigenvalue weighted by Gasteiger charge is 2.38. The first-order valence-electron chi connectivity index (χ1n) is 11.7. The molecule has 0 atom stereocenters. The van der Waals surface area contributed by atoms with Gasteiger partial charge in [-0.3, -0.25) is 29.0 Å². The van der Waals surface area contributed by atoms with E-state index < -0.39 is 0 Å². The van der Waals surface area contributed by atoms with Crippen LogP contribution in [0.4, 0.5) is 0 Å². The van der Waals surface area contributed by atoms with Gasteiger partial charge in [0.2, 0.25) is 0 Å². The molecule has 0 unspecified atom stereocenters. The minimum Gasteiger partial charge on any atom is -0.277 e. The molecule has 0 saturated heterocycles. The Morgan fingerprint density at radius 1 is 0.444 bits per heavy atom. The summed E-state index contributed by atoms with van der Waals surface area (Å²) in [7, 11) is 3.00. The number of fused-ring (bicyclic) bond motifs is 3. The quantitative estimate of drug-likeness (QED) is 0.372. The topological polar surface area (TPSA) is 74.8 Å². The third-order valence-electron chi connectivity index (χ3n) is 7.41. The Bertz CT molecular complexity index is 1590. The number of hydrogen-bond acceptors (Lipinski definition) is 4.